The number of nitrogens with zero attached hydrogens (tertiary/aromatic N) is 2. The van der Waals surface area contributed by atoms with Gasteiger partial charge in [-0.05, 0) is 0 Å². The van der Waals surface area contributed by atoms with E-state index in [0.717, 1.165) is 17.5 Å². The summed E-state index contributed by atoms with van der Waals surface area (Å²) in [5.74, 6) is 0.911. The van der Waals surface area contributed by atoms with Crippen molar-refractivity contribution in [3.8, 4) is 0 Å². The van der Waals surface area contributed by atoms with E-state index in [1.807, 2.05) is 16.8 Å². The van der Waals surface area contributed by atoms with Crippen LogP contribution in [0.3, 0.4) is 0 Å². The molecule has 0 saturated heterocycles. The Morgan fingerprint density at radius 3 is 3.25 bits per heavy atom. The first-order chi connectivity index (χ1) is 5.88. The second-order valence-corrected chi connectivity index (χ2v) is 3.35. The molecule has 1 rings (SSSR count). The summed E-state index contributed by atoms with van der Waals surface area (Å²) < 4.78 is 2.05. The minimum absolute atomic E-state index is 0.686. The summed E-state index contributed by atoms with van der Waals surface area (Å²) in [6.45, 7) is 5.17. The number of allylic oxidation sites excluding steroid dienone is 1. The average Bonchev–Trinajstić information content (AvgIpc) is 2.50. The highest BCUT2D eigenvalue weighted by Crippen LogP contribution is 2.14. The number of hydrogen-bond acceptors (Lipinski definition) is 3. The Morgan fingerprint density at radius 1 is 1.75 bits per heavy atom. The molecule has 0 saturated carbocycles. The third-order valence-corrected chi connectivity index (χ3v) is 2.39. The standard InChI is InChI=1S/C8H13N3S/c1-2-5-11-6-4-10-8(11)12-7-3-9/h2,4,6H,1,3,5,7,9H2. The van der Waals surface area contributed by atoms with E-state index in [1.165, 1.54) is 0 Å². The van der Waals surface area contributed by atoms with Gasteiger partial charge in [0.05, 0.1) is 0 Å². The van der Waals surface area contributed by atoms with E-state index in [1.54, 1.807) is 18.0 Å². The van der Waals surface area contributed by atoms with Crippen LogP contribution in [0.15, 0.2) is 30.2 Å². The van der Waals surface area contributed by atoms with Crippen LogP contribution < -0.4 is 5.73 Å². The Labute approximate surface area is 76.7 Å². The number of rotatable bonds is 5. The SMILES string of the molecule is C=CCn1ccnc1SCCN. The Kier molecular flexibility index (Phi) is 3.90. The molecule has 1 heterocycles. The molecular weight excluding hydrogens is 170 g/mol. The van der Waals surface area contributed by atoms with Crippen LogP contribution in [0.4, 0.5) is 0 Å². The zero-order chi connectivity index (χ0) is 8.81. The minimum atomic E-state index is 0.686. The van der Waals surface area contributed by atoms with Gasteiger partial charge >= 0.3 is 0 Å². The quantitative estimate of drug-likeness (QED) is 0.549. The molecule has 3 nitrogen and oxygen atoms in total. The van der Waals surface area contributed by atoms with Gasteiger partial charge in [-0.3, -0.25) is 0 Å². The zero-order valence-corrected chi connectivity index (χ0v) is 7.76. The fourth-order valence-corrected chi connectivity index (χ4v) is 1.60. The molecule has 0 aliphatic rings. The van der Waals surface area contributed by atoms with Gasteiger partial charge in [-0.1, -0.05) is 17.8 Å². The number of imidazole rings is 1. The van der Waals surface area contributed by atoms with Crippen molar-refractivity contribution in [1.82, 2.24) is 9.55 Å². The molecule has 0 unspecified atom stereocenters. The number of thioether (sulfide) groups is 1. The van der Waals surface area contributed by atoms with Gasteiger partial charge in [0.15, 0.2) is 5.16 Å². The highest BCUT2D eigenvalue weighted by molar-refractivity contribution is 7.99. The minimum Gasteiger partial charge on any atom is -0.330 e. The first-order valence-corrected chi connectivity index (χ1v) is 4.82. The van der Waals surface area contributed by atoms with Crippen LogP contribution >= 0.6 is 11.8 Å². The van der Waals surface area contributed by atoms with Crippen molar-refractivity contribution in [3.05, 3.63) is 25.0 Å². The van der Waals surface area contributed by atoms with Crippen molar-refractivity contribution in [2.75, 3.05) is 12.3 Å². The maximum Gasteiger partial charge on any atom is 0.168 e. The molecule has 0 bridgehead atoms. The lowest BCUT2D eigenvalue weighted by Gasteiger charge is -2.02. The zero-order valence-electron chi connectivity index (χ0n) is 6.94. The molecule has 1 aromatic rings. The van der Waals surface area contributed by atoms with Crippen LogP contribution in [0.25, 0.3) is 0 Å². The van der Waals surface area contributed by atoms with Gasteiger partial charge < -0.3 is 10.3 Å². The van der Waals surface area contributed by atoms with Crippen LogP contribution in [0.1, 0.15) is 0 Å². The topological polar surface area (TPSA) is 43.8 Å². The third-order valence-electron chi connectivity index (χ3n) is 1.35. The van der Waals surface area contributed by atoms with Crippen molar-refractivity contribution >= 4 is 11.8 Å². The third kappa shape index (κ3) is 2.39. The maximum atomic E-state index is 5.39. The largest absolute Gasteiger partial charge is 0.330 e. The lowest BCUT2D eigenvalue weighted by Crippen LogP contribution is -2.03. The summed E-state index contributed by atoms with van der Waals surface area (Å²) in [4.78, 5) is 4.19. The highest BCUT2D eigenvalue weighted by Gasteiger charge is 1.99. The van der Waals surface area contributed by atoms with E-state index in [-0.39, 0.29) is 0 Å². The smallest absolute Gasteiger partial charge is 0.168 e. The van der Waals surface area contributed by atoms with Crippen molar-refractivity contribution in [2.45, 2.75) is 11.7 Å². The molecular formula is C8H13N3S. The molecule has 66 valence electrons. The van der Waals surface area contributed by atoms with Gasteiger partial charge in [0.25, 0.3) is 0 Å². The molecule has 0 aliphatic carbocycles. The van der Waals surface area contributed by atoms with E-state index in [4.69, 9.17) is 5.73 Å². The van der Waals surface area contributed by atoms with Crippen LogP contribution in [-0.2, 0) is 6.54 Å². The van der Waals surface area contributed by atoms with Crippen LogP contribution in [0.2, 0.25) is 0 Å². The van der Waals surface area contributed by atoms with Crippen molar-refractivity contribution in [3.63, 3.8) is 0 Å². The van der Waals surface area contributed by atoms with Gasteiger partial charge in [0, 0.05) is 31.2 Å². The molecule has 1 aromatic heterocycles. The van der Waals surface area contributed by atoms with Gasteiger partial charge in [0.2, 0.25) is 0 Å². The fourth-order valence-electron chi connectivity index (χ4n) is 0.864. The molecule has 0 aromatic carbocycles. The first-order valence-electron chi connectivity index (χ1n) is 3.83. The summed E-state index contributed by atoms with van der Waals surface area (Å²) in [6, 6.07) is 0. The molecule has 0 spiro atoms. The van der Waals surface area contributed by atoms with Gasteiger partial charge in [-0.2, -0.15) is 0 Å². The number of aromatic nitrogens is 2. The summed E-state index contributed by atoms with van der Waals surface area (Å²) >= 11 is 1.67. The Balaban J connectivity index is 2.57. The van der Waals surface area contributed by atoms with E-state index in [9.17, 15) is 0 Å². The second kappa shape index (κ2) is 5.00. The summed E-state index contributed by atoms with van der Waals surface area (Å²) in [5.41, 5.74) is 5.39. The molecule has 0 fully saturated rings. The van der Waals surface area contributed by atoms with E-state index < -0.39 is 0 Å². The highest BCUT2D eigenvalue weighted by atomic mass is 32.2. The van der Waals surface area contributed by atoms with E-state index in [2.05, 4.69) is 11.6 Å². The monoisotopic (exact) mass is 183 g/mol. The van der Waals surface area contributed by atoms with Crippen molar-refractivity contribution in [1.29, 1.82) is 0 Å². The van der Waals surface area contributed by atoms with Crippen LogP contribution in [0.5, 0.6) is 0 Å². The number of hydrogen-bond donors (Lipinski definition) is 1. The van der Waals surface area contributed by atoms with Crippen molar-refractivity contribution in [2.24, 2.45) is 5.73 Å². The Morgan fingerprint density at radius 2 is 2.58 bits per heavy atom. The predicted molar refractivity (Wildman–Crippen MR) is 52.2 cm³/mol. The lowest BCUT2D eigenvalue weighted by molar-refractivity contribution is 0.725. The summed E-state index contributed by atoms with van der Waals surface area (Å²) in [7, 11) is 0. The van der Waals surface area contributed by atoms with E-state index >= 15 is 0 Å². The summed E-state index contributed by atoms with van der Waals surface area (Å²) in [6.07, 6.45) is 5.59. The molecule has 0 amide bonds. The molecule has 0 atom stereocenters. The lowest BCUT2D eigenvalue weighted by atomic mass is 10.6. The summed E-state index contributed by atoms with van der Waals surface area (Å²) in [5, 5.41) is 1.01. The number of nitrogens with two attached hydrogens (primary N) is 1. The molecule has 4 heteroatoms. The van der Waals surface area contributed by atoms with Gasteiger partial charge in [0.1, 0.15) is 0 Å². The second-order valence-electron chi connectivity index (χ2n) is 2.29. The normalized spacial score (nSPS) is 10.1. The predicted octanol–water partition coefficient (Wildman–Crippen LogP) is 1.12. The van der Waals surface area contributed by atoms with Gasteiger partial charge in [-0.15, -0.1) is 6.58 Å². The molecule has 12 heavy (non-hydrogen) atoms. The molecule has 0 aliphatic heterocycles. The fraction of sp³-hybridized carbons (Fsp3) is 0.375. The first kappa shape index (κ1) is 9.35. The van der Waals surface area contributed by atoms with Crippen molar-refractivity contribution < 1.29 is 0 Å². The average molecular weight is 183 g/mol. The Hall–Kier alpha value is -0.740. The van der Waals surface area contributed by atoms with Gasteiger partial charge in [-0.25, -0.2) is 4.98 Å². The molecule has 2 N–H and O–H groups in total. The van der Waals surface area contributed by atoms with Crippen LogP contribution in [0, 0.1) is 0 Å². The maximum absolute atomic E-state index is 5.39. The Bertz CT molecular complexity index is 244. The van der Waals surface area contributed by atoms with E-state index in [0.29, 0.717) is 6.54 Å². The van der Waals surface area contributed by atoms with Crippen LogP contribution in [-0.4, -0.2) is 21.8 Å². The molecule has 0 radical (unpaired) electrons.